The van der Waals surface area contributed by atoms with Crippen molar-refractivity contribution >= 4 is 29.0 Å². The fourth-order valence-corrected chi connectivity index (χ4v) is 3.03. The second kappa shape index (κ2) is 8.36. The Bertz CT molecular complexity index is 742. The molecule has 0 atom stereocenters. The first-order valence-corrected chi connectivity index (χ1v) is 9.26. The van der Waals surface area contributed by atoms with Crippen molar-refractivity contribution in [1.82, 2.24) is 14.9 Å². The molecule has 1 saturated heterocycles. The lowest BCUT2D eigenvalue weighted by Crippen LogP contribution is -2.49. The van der Waals surface area contributed by atoms with Crippen LogP contribution in [0.25, 0.3) is 0 Å². The van der Waals surface area contributed by atoms with Crippen LogP contribution in [0.15, 0.2) is 36.7 Å². The van der Waals surface area contributed by atoms with Gasteiger partial charge in [-0.2, -0.15) is 0 Å². The van der Waals surface area contributed by atoms with E-state index in [1.54, 1.807) is 12.4 Å². The van der Waals surface area contributed by atoms with E-state index in [2.05, 4.69) is 34.0 Å². The summed E-state index contributed by atoms with van der Waals surface area (Å²) in [6, 6.07) is 7.80. The Morgan fingerprint density at radius 1 is 1.19 bits per heavy atom. The maximum Gasteiger partial charge on any atom is 0.274 e. The van der Waals surface area contributed by atoms with Gasteiger partial charge < -0.3 is 15.1 Å². The number of carbonyl (C=O) groups is 1. The highest BCUT2D eigenvalue weighted by Crippen LogP contribution is 2.21. The lowest BCUT2D eigenvalue weighted by atomic mass is 10.2. The zero-order valence-electron chi connectivity index (χ0n) is 15.2. The van der Waals surface area contributed by atoms with Crippen LogP contribution in [0.4, 0.5) is 11.5 Å². The number of hydrogen-bond acceptors (Lipinski definition) is 5. The van der Waals surface area contributed by atoms with Crippen LogP contribution < -0.4 is 10.2 Å². The summed E-state index contributed by atoms with van der Waals surface area (Å²) in [6.07, 6.45) is 3.17. The van der Waals surface area contributed by atoms with Crippen molar-refractivity contribution in [3.05, 3.63) is 47.4 Å². The molecule has 1 aromatic carbocycles. The first-order valence-electron chi connectivity index (χ1n) is 8.88. The number of piperazine rings is 1. The van der Waals surface area contributed by atoms with E-state index >= 15 is 0 Å². The van der Waals surface area contributed by atoms with Crippen molar-refractivity contribution in [3.63, 3.8) is 0 Å². The summed E-state index contributed by atoms with van der Waals surface area (Å²) in [7, 11) is 0. The molecule has 1 aliphatic rings. The van der Waals surface area contributed by atoms with E-state index in [4.69, 9.17) is 11.6 Å². The number of aromatic nitrogens is 2. The van der Waals surface area contributed by atoms with Crippen LogP contribution in [0.1, 0.15) is 24.3 Å². The summed E-state index contributed by atoms with van der Waals surface area (Å²) < 4.78 is 0. The largest absolute Gasteiger partial charge is 0.369 e. The molecule has 1 fully saturated rings. The minimum absolute atomic E-state index is 0.0707. The second-order valence-corrected chi connectivity index (χ2v) is 7.26. The van der Waals surface area contributed by atoms with Gasteiger partial charge >= 0.3 is 0 Å². The van der Waals surface area contributed by atoms with Gasteiger partial charge in [-0.25, -0.2) is 9.97 Å². The van der Waals surface area contributed by atoms with E-state index in [-0.39, 0.29) is 5.91 Å². The van der Waals surface area contributed by atoms with E-state index in [1.165, 1.54) is 0 Å². The van der Waals surface area contributed by atoms with Crippen molar-refractivity contribution in [2.45, 2.75) is 13.8 Å². The van der Waals surface area contributed by atoms with E-state index in [1.807, 2.05) is 29.2 Å². The summed E-state index contributed by atoms with van der Waals surface area (Å²) in [5, 5.41) is 3.93. The molecular weight excluding hydrogens is 350 g/mol. The molecule has 1 aliphatic heterocycles. The van der Waals surface area contributed by atoms with Crippen LogP contribution in [0.5, 0.6) is 0 Å². The van der Waals surface area contributed by atoms with Gasteiger partial charge in [0, 0.05) is 43.4 Å². The molecule has 0 spiro atoms. The highest BCUT2D eigenvalue weighted by atomic mass is 35.5. The Balaban J connectivity index is 1.56. The average molecular weight is 374 g/mol. The molecule has 6 nitrogen and oxygen atoms in total. The number of amides is 1. The Morgan fingerprint density at radius 2 is 1.96 bits per heavy atom. The lowest BCUT2D eigenvalue weighted by Gasteiger charge is -2.36. The van der Waals surface area contributed by atoms with Gasteiger partial charge in [0.2, 0.25) is 0 Å². The van der Waals surface area contributed by atoms with E-state index in [9.17, 15) is 4.79 Å². The molecule has 1 N–H and O–H groups in total. The molecule has 7 heteroatoms. The number of hydrogen-bond donors (Lipinski definition) is 1. The first-order chi connectivity index (χ1) is 12.5. The number of rotatable bonds is 5. The number of halogens is 1. The molecule has 2 aromatic rings. The molecule has 1 amide bonds. The molecule has 26 heavy (non-hydrogen) atoms. The Hall–Kier alpha value is -2.34. The zero-order valence-corrected chi connectivity index (χ0v) is 15.9. The smallest absolute Gasteiger partial charge is 0.274 e. The number of nitrogens with zero attached hydrogens (tertiary/aromatic N) is 4. The van der Waals surface area contributed by atoms with Crippen molar-refractivity contribution in [2.24, 2.45) is 5.92 Å². The highest BCUT2D eigenvalue weighted by molar-refractivity contribution is 6.30. The van der Waals surface area contributed by atoms with Gasteiger partial charge in [0.25, 0.3) is 5.91 Å². The normalized spacial score (nSPS) is 14.6. The molecule has 3 rings (SSSR count). The summed E-state index contributed by atoms with van der Waals surface area (Å²) in [5.41, 5.74) is 1.47. The van der Waals surface area contributed by atoms with Gasteiger partial charge in [0.1, 0.15) is 11.5 Å². The maximum absolute atomic E-state index is 12.6. The third kappa shape index (κ3) is 4.64. The Labute approximate surface area is 159 Å². The summed E-state index contributed by atoms with van der Waals surface area (Å²) >= 11 is 6.06. The van der Waals surface area contributed by atoms with E-state index < -0.39 is 0 Å². The monoisotopic (exact) mass is 373 g/mol. The molecule has 2 heterocycles. The second-order valence-electron chi connectivity index (χ2n) is 6.82. The number of anilines is 2. The van der Waals surface area contributed by atoms with Crippen LogP contribution in [0.3, 0.4) is 0 Å². The van der Waals surface area contributed by atoms with Crippen LogP contribution in [-0.2, 0) is 0 Å². The topological polar surface area (TPSA) is 61.4 Å². The van der Waals surface area contributed by atoms with E-state index in [0.717, 1.165) is 30.3 Å². The molecule has 138 valence electrons. The lowest BCUT2D eigenvalue weighted by molar-refractivity contribution is 0.0740. The third-order valence-corrected chi connectivity index (χ3v) is 4.54. The maximum atomic E-state index is 12.6. The minimum Gasteiger partial charge on any atom is -0.369 e. The summed E-state index contributed by atoms with van der Waals surface area (Å²) in [4.78, 5) is 25.3. The van der Waals surface area contributed by atoms with Gasteiger partial charge in [0.05, 0.1) is 12.4 Å². The minimum atomic E-state index is -0.0707. The Morgan fingerprint density at radius 3 is 2.58 bits per heavy atom. The van der Waals surface area contributed by atoms with Crippen molar-refractivity contribution in [2.75, 3.05) is 42.9 Å². The van der Waals surface area contributed by atoms with Crippen LogP contribution in [-0.4, -0.2) is 53.5 Å². The molecule has 0 radical (unpaired) electrons. The quantitative estimate of drug-likeness (QED) is 0.872. The van der Waals surface area contributed by atoms with Crippen molar-refractivity contribution in [3.8, 4) is 0 Å². The van der Waals surface area contributed by atoms with Crippen LogP contribution in [0.2, 0.25) is 5.02 Å². The summed E-state index contributed by atoms with van der Waals surface area (Å²) in [5.74, 6) is 1.15. The fraction of sp³-hybridized carbons (Fsp3) is 0.421. The van der Waals surface area contributed by atoms with E-state index in [0.29, 0.717) is 30.5 Å². The SMILES string of the molecule is CC(C)CNc1cnc(C(=O)N2CCN(c3cccc(Cl)c3)CC2)cn1. The molecule has 0 bridgehead atoms. The number of benzene rings is 1. The predicted octanol–water partition coefficient (Wildman–Crippen LogP) is 3.16. The van der Waals surface area contributed by atoms with Gasteiger partial charge in [-0.15, -0.1) is 0 Å². The molecule has 0 aliphatic carbocycles. The first kappa shape index (κ1) is 18.5. The van der Waals surface area contributed by atoms with Gasteiger partial charge in [-0.3, -0.25) is 4.79 Å². The van der Waals surface area contributed by atoms with Gasteiger partial charge in [-0.05, 0) is 24.1 Å². The molecule has 0 unspecified atom stereocenters. The van der Waals surface area contributed by atoms with Crippen LogP contribution in [0, 0.1) is 5.92 Å². The molecular formula is C19H24ClN5O. The van der Waals surface area contributed by atoms with Gasteiger partial charge in [0.15, 0.2) is 0 Å². The highest BCUT2D eigenvalue weighted by Gasteiger charge is 2.23. The standard InChI is InChI=1S/C19H24ClN5O/c1-14(2)11-22-18-13-21-17(12-23-18)19(26)25-8-6-24(7-9-25)16-5-3-4-15(20)10-16/h3-5,10,12-14H,6-9,11H2,1-2H3,(H,22,23). The third-order valence-electron chi connectivity index (χ3n) is 4.30. The van der Waals surface area contributed by atoms with Crippen molar-refractivity contribution < 1.29 is 4.79 Å². The fourth-order valence-electron chi connectivity index (χ4n) is 2.84. The van der Waals surface area contributed by atoms with Crippen molar-refractivity contribution in [1.29, 1.82) is 0 Å². The zero-order chi connectivity index (χ0) is 18.5. The molecule has 1 aromatic heterocycles. The number of nitrogens with one attached hydrogen (secondary N) is 1. The number of carbonyl (C=O) groups excluding carboxylic acids is 1. The van der Waals surface area contributed by atoms with Crippen LogP contribution >= 0.6 is 11.6 Å². The summed E-state index contributed by atoms with van der Waals surface area (Å²) in [6.45, 7) is 7.93. The Kier molecular flexibility index (Phi) is 5.93. The predicted molar refractivity (Wildman–Crippen MR) is 105 cm³/mol. The van der Waals surface area contributed by atoms with Gasteiger partial charge in [-0.1, -0.05) is 31.5 Å². The average Bonchev–Trinajstić information content (AvgIpc) is 2.66. The molecule has 0 saturated carbocycles.